The Kier molecular flexibility index (Phi) is 10.5. The Labute approximate surface area is 234 Å². The summed E-state index contributed by atoms with van der Waals surface area (Å²) in [6.07, 6.45) is 4.05. The van der Waals surface area contributed by atoms with Gasteiger partial charge in [0.05, 0.1) is 22.5 Å². The standard InChI is InChI=1S/C29H44N2O6S2/c1-5-7-15-29(16-8-6-2)21-38(33,34)26-14-13-24(31(3)4)20-25(26)27(28(29)32)22-11-9-12-23(19-22)30-17-10-18-39(35,36)37/h9,11-14,19-20,27-28,30,32H,5-8,10,15-18,21H2,1-4H3,(H,35,36,37). The first-order valence-corrected chi connectivity index (χ1v) is 17.1. The highest BCUT2D eigenvalue weighted by Crippen LogP contribution is 2.50. The molecule has 3 N–H and O–H groups in total. The number of unbranched alkanes of at least 4 members (excludes halogenated alkanes) is 2. The monoisotopic (exact) mass is 580 g/mol. The number of aliphatic hydroxyl groups excluding tert-OH is 1. The zero-order valence-electron chi connectivity index (χ0n) is 23.6. The zero-order valence-corrected chi connectivity index (χ0v) is 25.2. The van der Waals surface area contributed by atoms with Crippen molar-refractivity contribution in [2.24, 2.45) is 5.41 Å². The van der Waals surface area contributed by atoms with Gasteiger partial charge in [0.15, 0.2) is 9.84 Å². The maximum atomic E-state index is 14.0. The lowest BCUT2D eigenvalue weighted by atomic mass is 9.68. The SMILES string of the molecule is CCCCC1(CCCC)CS(=O)(=O)c2ccc(N(C)C)cc2C(c2cccc(NCCCS(=O)(=O)O)c2)C1O. The zero-order chi connectivity index (χ0) is 28.8. The van der Waals surface area contributed by atoms with Gasteiger partial charge in [-0.15, -0.1) is 0 Å². The predicted octanol–water partition coefficient (Wildman–Crippen LogP) is 5.09. The van der Waals surface area contributed by atoms with Crippen LogP contribution >= 0.6 is 0 Å². The highest BCUT2D eigenvalue weighted by molar-refractivity contribution is 7.91. The molecule has 1 aliphatic heterocycles. The number of fused-ring (bicyclic) bond motifs is 1. The van der Waals surface area contributed by atoms with E-state index in [-0.39, 0.29) is 22.8 Å². The van der Waals surface area contributed by atoms with Gasteiger partial charge in [0.1, 0.15) is 0 Å². The van der Waals surface area contributed by atoms with E-state index >= 15 is 0 Å². The van der Waals surface area contributed by atoms with E-state index in [1.165, 1.54) is 0 Å². The highest BCUT2D eigenvalue weighted by atomic mass is 32.2. The van der Waals surface area contributed by atoms with Crippen molar-refractivity contribution in [2.45, 2.75) is 75.7 Å². The van der Waals surface area contributed by atoms with E-state index in [2.05, 4.69) is 19.2 Å². The first kappa shape index (κ1) is 31.4. The number of hydrogen-bond donors (Lipinski definition) is 3. The molecule has 0 aromatic heterocycles. The molecule has 2 aromatic carbocycles. The summed E-state index contributed by atoms with van der Waals surface area (Å²) in [7, 11) is -3.90. The summed E-state index contributed by atoms with van der Waals surface area (Å²) >= 11 is 0. The van der Waals surface area contributed by atoms with E-state index in [1.807, 2.05) is 55.4 Å². The minimum absolute atomic E-state index is 0.0838. The van der Waals surface area contributed by atoms with Gasteiger partial charge in [-0.1, -0.05) is 51.7 Å². The summed E-state index contributed by atoms with van der Waals surface area (Å²) in [4.78, 5) is 2.20. The Morgan fingerprint density at radius 1 is 1.03 bits per heavy atom. The van der Waals surface area contributed by atoms with Crippen molar-refractivity contribution in [2.75, 3.05) is 42.4 Å². The molecule has 0 saturated carbocycles. The fourth-order valence-electron chi connectivity index (χ4n) is 5.72. The molecular formula is C29H44N2O6S2. The summed E-state index contributed by atoms with van der Waals surface area (Å²) in [5.41, 5.74) is 2.21. The van der Waals surface area contributed by atoms with E-state index in [1.54, 1.807) is 6.07 Å². The molecule has 0 radical (unpaired) electrons. The molecule has 1 aliphatic rings. The lowest BCUT2D eigenvalue weighted by Gasteiger charge is -2.40. The maximum absolute atomic E-state index is 14.0. The second kappa shape index (κ2) is 13.0. The molecule has 10 heteroatoms. The Morgan fingerprint density at radius 3 is 2.28 bits per heavy atom. The number of hydrogen-bond acceptors (Lipinski definition) is 7. The summed E-state index contributed by atoms with van der Waals surface area (Å²) in [5, 5.41) is 15.5. The van der Waals surface area contributed by atoms with Gasteiger partial charge < -0.3 is 15.3 Å². The van der Waals surface area contributed by atoms with Crippen LogP contribution < -0.4 is 10.2 Å². The summed E-state index contributed by atoms with van der Waals surface area (Å²) in [6.45, 7) is 4.50. The van der Waals surface area contributed by atoms with Crippen molar-refractivity contribution in [3.05, 3.63) is 53.6 Å². The van der Waals surface area contributed by atoms with Crippen LogP contribution in [0.3, 0.4) is 0 Å². The maximum Gasteiger partial charge on any atom is 0.264 e. The molecule has 2 atom stereocenters. The van der Waals surface area contributed by atoms with Crippen molar-refractivity contribution in [1.29, 1.82) is 0 Å². The topological polar surface area (TPSA) is 124 Å². The number of nitrogens with one attached hydrogen (secondary N) is 1. The van der Waals surface area contributed by atoms with Crippen LogP contribution in [0, 0.1) is 5.41 Å². The van der Waals surface area contributed by atoms with E-state index < -0.39 is 37.4 Å². The highest BCUT2D eigenvalue weighted by Gasteiger charge is 2.49. The van der Waals surface area contributed by atoms with Gasteiger partial charge in [0, 0.05) is 43.3 Å². The van der Waals surface area contributed by atoms with E-state index in [9.17, 15) is 21.9 Å². The lowest BCUT2D eigenvalue weighted by Crippen LogP contribution is -2.43. The van der Waals surface area contributed by atoms with Crippen LogP contribution in [0.1, 0.15) is 75.8 Å². The second-order valence-corrected chi connectivity index (χ2v) is 14.6. The van der Waals surface area contributed by atoms with Gasteiger partial charge >= 0.3 is 0 Å². The van der Waals surface area contributed by atoms with Crippen molar-refractivity contribution < 1.29 is 26.5 Å². The molecule has 0 saturated heterocycles. The first-order chi connectivity index (χ1) is 18.3. The smallest absolute Gasteiger partial charge is 0.264 e. The number of rotatable bonds is 13. The normalized spacial score (nSPS) is 20.2. The molecule has 0 amide bonds. The largest absolute Gasteiger partial charge is 0.392 e. The van der Waals surface area contributed by atoms with Gasteiger partial charge in [-0.3, -0.25) is 4.55 Å². The summed E-state index contributed by atoms with van der Waals surface area (Å²) in [6, 6.07) is 13.0. The number of benzene rings is 2. The van der Waals surface area contributed by atoms with Gasteiger partial charge in [-0.25, -0.2) is 8.42 Å². The minimum atomic E-state index is -4.03. The fourth-order valence-corrected chi connectivity index (χ4v) is 8.42. The Bertz CT molecular complexity index is 1320. The Balaban J connectivity index is 2.16. The second-order valence-electron chi connectivity index (χ2n) is 11.1. The van der Waals surface area contributed by atoms with Crippen LogP contribution in [-0.2, 0) is 20.0 Å². The molecule has 8 nitrogen and oxygen atoms in total. The Morgan fingerprint density at radius 2 is 1.69 bits per heavy atom. The van der Waals surface area contributed by atoms with Gasteiger partial charge in [0.2, 0.25) is 0 Å². The van der Waals surface area contributed by atoms with Crippen molar-refractivity contribution in [3.8, 4) is 0 Å². The first-order valence-electron chi connectivity index (χ1n) is 13.8. The molecular weight excluding hydrogens is 536 g/mol. The van der Waals surface area contributed by atoms with Gasteiger partial charge in [0.25, 0.3) is 10.1 Å². The van der Waals surface area contributed by atoms with Crippen molar-refractivity contribution >= 4 is 31.3 Å². The van der Waals surface area contributed by atoms with Gasteiger partial charge in [-0.2, -0.15) is 8.42 Å². The van der Waals surface area contributed by atoms with Crippen molar-refractivity contribution in [3.63, 3.8) is 0 Å². The number of nitrogens with zero attached hydrogens (tertiary/aromatic N) is 1. The molecule has 2 unspecified atom stereocenters. The molecule has 0 aliphatic carbocycles. The predicted molar refractivity (Wildman–Crippen MR) is 158 cm³/mol. The van der Waals surface area contributed by atoms with E-state index in [0.29, 0.717) is 24.9 Å². The fraction of sp³-hybridized carbons (Fsp3) is 0.586. The molecule has 3 rings (SSSR count). The molecule has 2 aromatic rings. The van der Waals surface area contributed by atoms with Gasteiger partial charge in [-0.05, 0) is 60.7 Å². The number of anilines is 2. The van der Waals surface area contributed by atoms with Crippen molar-refractivity contribution in [1.82, 2.24) is 0 Å². The van der Waals surface area contributed by atoms with Crippen LogP contribution in [0.4, 0.5) is 11.4 Å². The molecule has 1 heterocycles. The van der Waals surface area contributed by atoms with Crippen LogP contribution in [0.2, 0.25) is 0 Å². The molecule has 39 heavy (non-hydrogen) atoms. The van der Waals surface area contributed by atoms with Crippen LogP contribution in [0.25, 0.3) is 0 Å². The summed E-state index contributed by atoms with van der Waals surface area (Å²) < 4.78 is 59.1. The number of sulfone groups is 1. The molecule has 0 spiro atoms. The Hall–Kier alpha value is -2.14. The summed E-state index contributed by atoms with van der Waals surface area (Å²) in [5.74, 6) is -0.985. The average Bonchev–Trinajstić information content (AvgIpc) is 2.94. The quantitative estimate of drug-likeness (QED) is 0.221. The average molecular weight is 581 g/mol. The third kappa shape index (κ3) is 7.74. The molecule has 218 valence electrons. The van der Waals surface area contributed by atoms with Crippen LogP contribution in [0.15, 0.2) is 47.4 Å². The van der Waals surface area contributed by atoms with Crippen LogP contribution in [-0.4, -0.2) is 64.7 Å². The lowest BCUT2D eigenvalue weighted by molar-refractivity contribution is 0.0127. The molecule has 0 bridgehead atoms. The third-order valence-corrected chi connectivity index (χ3v) is 10.6. The molecule has 0 fully saturated rings. The number of aliphatic hydroxyl groups is 1. The van der Waals surface area contributed by atoms with E-state index in [4.69, 9.17) is 4.55 Å². The van der Waals surface area contributed by atoms with E-state index in [0.717, 1.165) is 42.6 Å². The minimum Gasteiger partial charge on any atom is -0.392 e. The third-order valence-electron chi connectivity index (χ3n) is 7.81. The van der Waals surface area contributed by atoms with Crippen LogP contribution in [0.5, 0.6) is 0 Å².